The van der Waals surface area contributed by atoms with Crippen molar-refractivity contribution in [2.75, 3.05) is 10.9 Å². The molecular weight excluding hydrogens is 402 g/mol. The number of rotatable bonds is 5. The number of fused-ring (bicyclic) bond motifs is 1. The van der Waals surface area contributed by atoms with Gasteiger partial charge in [-0.15, -0.1) is 0 Å². The van der Waals surface area contributed by atoms with Crippen LogP contribution >= 0.6 is 0 Å². The third-order valence-electron chi connectivity index (χ3n) is 4.81. The molecule has 1 aliphatic heterocycles. The highest BCUT2D eigenvalue weighted by atomic mass is 32.2. The maximum absolute atomic E-state index is 13.5. The minimum Gasteiger partial charge on any atom is -0.478 e. The zero-order chi connectivity index (χ0) is 21.3. The van der Waals surface area contributed by atoms with E-state index in [1.165, 1.54) is 24.3 Å². The molecule has 7 nitrogen and oxygen atoms in total. The molecule has 1 aromatic heterocycles. The molecule has 0 radical (unpaired) electrons. The van der Waals surface area contributed by atoms with E-state index in [1.54, 1.807) is 49.5 Å². The van der Waals surface area contributed by atoms with Gasteiger partial charge < -0.3 is 4.74 Å². The molecule has 2 heterocycles. The number of hydrogen-bond acceptors (Lipinski definition) is 6. The Bertz CT molecular complexity index is 1270. The topological polar surface area (TPSA) is 100 Å². The predicted octanol–water partition coefficient (Wildman–Crippen LogP) is 3.22. The fourth-order valence-corrected chi connectivity index (χ4v) is 5.02. The zero-order valence-electron chi connectivity index (χ0n) is 16.0. The number of hydrogen-bond donors (Lipinski definition) is 0. The maximum Gasteiger partial charge on any atom is 0.270 e. The van der Waals surface area contributed by atoms with Crippen molar-refractivity contribution >= 4 is 21.6 Å². The number of amides is 1. The lowest BCUT2D eigenvalue weighted by molar-refractivity contribution is -0.117. The summed E-state index contributed by atoms with van der Waals surface area (Å²) in [6.07, 6.45) is 1.54. The molecule has 0 saturated heterocycles. The molecule has 1 amide bonds. The van der Waals surface area contributed by atoms with Crippen LogP contribution in [0.4, 0.5) is 5.69 Å². The summed E-state index contributed by atoms with van der Waals surface area (Å²) in [5.41, 5.74) is 1.42. The summed E-state index contributed by atoms with van der Waals surface area (Å²) >= 11 is 0. The smallest absolute Gasteiger partial charge is 0.270 e. The predicted molar refractivity (Wildman–Crippen MR) is 110 cm³/mol. The van der Waals surface area contributed by atoms with Crippen molar-refractivity contribution in [3.05, 3.63) is 83.6 Å². The number of anilines is 1. The molecular formula is C22H17N3O4S. The van der Waals surface area contributed by atoms with Gasteiger partial charge in [0.05, 0.1) is 34.7 Å². The van der Waals surface area contributed by atoms with Gasteiger partial charge in [0.2, 0.25) is 5.88 Å². The van der Waals surface area contributed by atoms with Crippen LogP contribution in [0.25, 0.3) is 0 Å². The lowest BCUT2D eigenvalue weighted by Gasteiger charge is -2.19. The van der Waals surface area contributed by atoms with Gasteiger partial charge in [0.25, 0.3) is 15.9 Å². The number of benzene rings is 2. The van der Waals surface area contributed by atoms with Gasteiger partial charge in [0.1, 0.15) is 0 Å². The van der Waals surface area contributed by atoms with Crippen LogP contribution in [0.1, 0.15) is 29.5 Å². The van der Waals surface area contributed by atoms with Crippen LogP contribution in [-0.2, 0) is 14.8 Å². The van der Waals surface area contributed by atoms with E-state index in [4.69, 9.17) is 4.74 Å². The van der Waals surface area contributed by atoms with E-state index in [1.807, 2.05) is 6.07 Å². The summed E-state index contributed by atoms with van der Waals surface area (Å²) in [6.45, 7) is 2.13. The van der Waals surface area contributed by atoms with Crippen molar-refractivity contribution in [1.82, 2.24) is 4.98 Å². The Labute approximate surface area is 174 Å². The van der Waals surface area contributed by atoms with Gasteiger partial charge in [-0.25, -0.2) is 17.7 Å². The summed E-state index contributed by atoms with van der Waals surface area (Å²) in [7, 11) is -4.15. The number of carbonyl (C=O) groups excluding carboxylic acids is 1. The number of ether oxygens (including phenoxy) is 1. The minimum absolute atomic E-state index is 0.00512. The lowest BCUT2D eigenvalue weighted by Crippen LogP contribution is -2.35. The van der Waals surface area contributed by atoms with E-state index < -0.39 is 21.8 Å². The molecule has 0 spiro atoms. The summed E-state index contributed by atoms with van der Waals surface area (Å²) in [5, 5.41) is 9.33. The van der Waals surface area contributed by atoms with E-state index in [-0.39, 0.29) is 16.5 Å². The van der Waals surface area contributed by atoms with Crippen LogP contribution in [0.2, 0.25) is 0 Å². The monoisotopic (exact) mass is 419 g/mol. The largest absolute Gasteiger partial charge is 0.478 e. The zero-order valence-corrected chi connectivity index (χ0v) is 16.8. The molecule has 2 aromatic carbocycles. The van der Waals surface area contributed by atoms with E-state index in [0.717, 1.165) is 4.31 Å². The van der Waals surface area contributed by atoms with E-state index in [2.05, 4.69) is 4.98 Å². The molecule has 8 heteroatoms. The normalized spacial score (nSPS) is 15.5. The maximum atomic E-state index is 13.5. The van der Waals surface area contributed by atoms with Crippen LogP contribution in [0.15, 0.2) is 71.8 Å². The SMILES string of the molecule is CCOc1ncccc1C1C(=O)N(S(=O)(=O)c2ccccc2)c2ccc(C#N)cc21. The van der Waals surface area contributed by atoms with Gasteiger partial charge >= 0.3 is 0 Å². The van der Waals surface area contributed by atoms with Crippen molar-refractivity contribution in [3.8, 4) is 11.9 Å². The molecule has 0 bridgehead atoms. The number of nitrogens with zero attached hydrogens (tertiary/aromatic N) is 3. The second kappa shape index (κ2) is 7.61. The number of sulfonamides is 1. The third-order valence-corrected chi connectivity index (χ3v) is 6.53. The van der Waals surface area contributed by atoms with Gasteiger partial charge in [-0.3, -0.25) is 4.79 Å². The Morgan fingerprint density at radius 3 is 2.57 bits per heavy atom. The summed E-state index contributed by atoms with van der Waals surface area (Å²) in [6, 6.07) is 17.7. The molecule has 150 valence electrons. The van der Waals surface area contributed by atoms with Crippen molar-refractivity contribution in [3.63, 3.8) is 0 Å². The van der Waals surface area contributed by atoms with Crippen LogP contribution in [0.3, 0.4) is 0 Å². The third kappa shape index (κ3) is 3.09. The van der Waals surface area contributed by atoms with E-state index in [9.17, 15) is 18.5 Å². The molecule has 4 rings (SSSR count). The molecule has 0 saturated carbocycles. The molecule has 1 atom stereocenters. The van der Waals surface area contributed by atoms with Crippen molar-refractivity contribution in [2.24, 2.45) is 0 Å². The van der Waals surface area contributed by atoms with Crippen LogP contribution < -0.4 is 9.04 Å². The first-order valence-electron chi connectivity index (χ1n) is 9.25. The fourth-order valence-electron chi connectivity index (χ4n) is 3.54. The van der Waals surface area contributed by atoms with Gasteiger partial charge in [-0.05, 0) is 48.9 Å². The standard InChI is InChI=1S/C22H17N3O4S/c1-2-29-21-17(9-6-12-24-21)20-18-13-15(14-23)10-11-19(18)25(22(20)26)30(27,28)16-7-4-3-5-8-16/h3-13,20H,2H2,1H3. The minimum atomic E-state index is -4.15. The first-order chi connectivity index (χ1) is 14.5. The molecule has 0 N–H and O–H groups in total. The quantitative estimate of drug-likeness (QED) is 0.629. The number of carbonyl (C=O) groups is 1. The van der Waals surface area contributed by atoms with Crippen LogP contribution in [0, 0.1) is 11.3 Å². The summed E-state index contributed by atoms with van der Waals surface area (Å²) in [4.78, 5) is 17.7. The first-order valence-corrected chi connectivity index (χ1v) is 10.7. The molecule has 1 unspecified atom stereocenters. The highest BCUT2D eigenvalue weighted by Gasteiger charge is 2.46. The van der Waals surface area contributed by atoms with Crippen LogP contribution in [0.5, 0.6) is 5.88 Å². The molecule has 0 fully saturated rings. The first kappa shape index (κ1) is 19.6. The van der Waals surface area contributed by atoms with Gasteiger partial charge in [-0.2, -0.15) is 5.26 Å². The second-order valence-corrected chi connectivity index (χ2v) is 8.36. The average molecular weight is 419 g/mol. The number of nitriles is 1. The average Bonchev–Trinajstić information content (AvgIpc) is 3.06. The van der Waals surface area contributed by atoms with Gasteiger partial charge in [0, 0.05) is 11.8 Å². The fraction of sp³-hybridized carbons (Fsp3) is 0.136. The Balaban J connectivity index is 1.94. The van der Waals surface area contributed by atoms with E-state index >= 15 is 0 Å². The molecule has 0 aliphatic carbocycles. The Kier molecular flexibility index (Phi) is 4.98. The molecule has 3 aromatic rings. The Hall–Kier alpha value is -3.70. The number of aromatic nitrogens is 1. The Morgan fingerprint density at radius 2 is 1.87 bits per heavy atom. The number of pyridine rings is 1. The van der Waals surface area contributed by atoms with Crippen LogP contribution in [-0.4, -0.2) is 25.9 Å². The highest BCUT2D eigenvalue weighted by molar-refractivity contribution is 7.93. The van der Waals surface area contributed by atoms with Crippen molar-refractivity contribution in [2.45, 2.75) is 17.7 Å². The highest BCUT2D eigenvalue weighted by Crippen LogP contribution is 2.46. The summed E-state index contributed by atoms with van der Waals surface area (Å²) < 4.78 is 33.1. The second-order valence-electron chi connectivity index (χ2n) is 6.57. The van der Waals surface area contributed by atoms with Crippen molar-refractivity contribution in [1.29, 1.82) is 5.26 Å². The van der Waals surface area contributed by atoms with Gasteiger partial charge in [0.15, 0.2) is 0 Å². The molecule has 30 heavy (non-hydrogen) atoms. The lowest BCUT2D eigenvalue weighted by atomic mass is 9.92. The van der Waals surface area contributed by atoms with E-state index in [0.29, 0.717) is 23.3 Å². The summed E-state index contributed by atoms with van der Waals surface area (Å²) in [5.74, 6) is -1.34. The molecule has 1 aliphatic rings. The van der Waals surface area contributed by atoms with Crippen molar-refractivity contribution < 1.29 is 17.9 Å². The van der Waals surface area contributed by atoms with Gasteiger partial charge in [-0.1, -0.05) is 24.3 Å². The Morgan fingerprint density at radius 1 is 1.10 bits per heavy atom.